The van der Waals surface area contributed by atoms with Crippen LogP contribution in [0.1, 0.15) is 11.4 Å². The monoisotopic (exact) mass is 408 g/mol. The van der Waals surface area contributed by atoms with E-state index in [2.05, 4.69) is 31.3 Å². The molecule has 0 aliphatic carbocycles. The number of benzene rings is 2. The first-order valence-corrected chi connectivity index (χ1v) is 8.99. The quantitative estimate of drug-likeness (QED) is 0.672. The predicted octanol–water partition coefficient (Wildman–Crippen LogP) is 1.31. The molecule has 1 aliphatic heterocycles. The molecule has 0 saturated heterocycles. The molecule has 30 heavy (non-hydrogen) atoms. The van der Waals surface area contributed by atoms with Gasteiger partial charge in [0.05, 0.1) is 17.1 Å². The number of aliphatic imine (C=N–C) groups is 1. The van der Waals surface area contributed by atoms with Crippen LogP contribution >= 0.6 is 0 Å². The highest BCUT2D eigenvalue weighted by Crippen LogP contribution is 2.20. The van der Waals surface area contributed by atoms with Crippen LogP contribution in [0, 0.1) is 19.7 Å². The van der Waals surface area contributed by atoms with E-state index < -0.39 is 11.7 Å². The van der Waals surface area contributed by atoms with E-state index in [9.17, 15) is 14.0 Å². The minimum absolute atomic E-state index is 0.0734. The molecule has 1 aliphatic rings. The number of carbonyl (C=O) groups excluding carboxylic acids is 2. The molecular formula is C19H17FN8O2. The summed E-state index contributed by atoms with van der Waals surface area (Å²) < 4.78 is 15.7. The number of hydrogen-bond acceptors (Lipinski definition) is 7. The number of amidine groups is 1. The number of hydrazine groups is 1. The van der Waals surface area contributed by atoms with Crippen LogP contribution in [-0.4, -0.2) is 44.4 Å². The average Bonchev–Trinajstić information content (AvgIpc) is 3.16. The summed E-state index contributed by atoms with van der Waals surface area (Å²) in [6.45, 7) is 3.41. The van der Waals surface area contributed by atoms with Crippen LogP contribution in [0.25, 0.3) is 5.69 Å². The first-order valence-electron chi connectivity index (χ1n) is 8.99. The van der Waals surface area contributed by atoms with Gasteiger partial charge < -0.3 is 5.32 Å². The van der Waals surface area contributed by atoms with Crippen molar-refractivity contribution >= 4 is 29.0 Å². The van der Waals surface area contributed by atoms with Gasteiger partial charge in [0.2, 0.25) is 5.84 Å². The fourth-order valence-corrected chi connectivity index (χ4v) is 2.84. The molecule has 0 bridgehead atoms. The van der Waals surface area contributed by atoms with E-state index in [1.54, 1.807) is 19.1 Å². The highest BCUT2D eigenvalue weighted by atomic mass is 19.1. The van der Waals surface area contributed by atoms with E-state index >= 15 is 0 Å². The van der Waals surface area contributed by atoms with Gasteiger partial charge in [0, 0.05) is 0 Å². The molecule has 11 heteroatoms. The Kier molecular flexibility index (Phi) is 4.92. The maximum atomic E-state index is 14.3. The van der Waals surface area contributed by atoms with Crippen molar-refractivity contribution in [2.45, 2.75) is 13.8 Å². The zero-order valence-electron chi connectivity index (χ0n) is 16.1. The molecule has 1 aromatic heterocycles. The van der Waals surface area contributed by atoms with Crippen molar-refractivity contribution in [2.75, 3.05) is 16.9 Å². The number of nitrogens with one attached hydrogen (secondary N) is 2. The summed E-state index contributed by atoms with van der Waals surface area (Å²) in [5.41, 5.74) is 4.69. The molecule has 3 aromatic rings. The zero-order valence-corrected chi connectivity index (χ0v) is 16.1. The van der Waals surface area contributed by atoms with Gasteiger partial charge in [-0.25, -0.2) is 9.40 Å². The van der Waals surface area contributed by atoms with Crippen molar-refractivity contribution in [3.8, 4) is 5.69 Å². The number of aromatic nitrogens is 4. The summed E-state index contributed by atoms with van der Waals surface area (Å²) >= 11 is 0. The fourth-order valence-electron chi connectivity index (χ4n) is 2.84. The number of aryl methyl sites for hydroxylation is 2. The van der Waals surface area contributed by atoms with Gasteiger partial charge in [0.25, 0.3) is 11.8 Å². The molecule has 0 spiro atoms. The van der Waals surface area contributed by atoms with Crippen LogP contribution in [0.5, 0.6) is 0 Å². The largest absolute Gasteiger partial charge is 0.317 e. The van der Waals surface area contributed by atoms with Gasteiger partial charge in [0.15, 0.2) is 5.82 Å². The number of rotatable bonds is 4. The molecular weight excluding hydrogens is 391 g/mol. The second-order valence-electron chi connectivity index (χ2n) is 6.60. The Balaban J connectivity index is 1.54. The molecule has 4 rings (SSSR count). The maximum absolute atomic E-state index is 14.3. The highest BCUT2D eigenvalue weighted by Gasteiger charge is 2.26. The molecule has 0 radical (unpaired) electrons. The minimum Gasteiger partial charge on any atom is -0.317 e. The summed E-state index contributed by atoms with van der Waals surface area (Å²) in [7, 11) is 0. The van der Waals surface area contributed by atoms with Crippen molar-refractivity contribution in [2.24, 2.45) is 4.99 Å². The van der Waals surface area contributed by atoms with Crippen LogP contribution < -0.4 is 15.8 Å². The van der Waals surface area contributed by atoms with Gasteiger partial charge in [-0.1, -0.05) is 17.7 Å². The summed E-state index contributed by atoms with van der Waals surface area (Å²) in [5, 5.41) is 14.9. The van der Waals surface area contributed by atoms with E-state index in [-0.39, 0.29) is 24.0 Å². The third-order valence-electron chi connectivity index (χ3n) is 4.41. The lowest BCUT2D eigenvalue weighted by atomic mass is 10.2. The number of anilines is 2. The highest BCUT2D eigenvalue weighted by molar-refractivity contribution is 6.43. The minimum atomic E-state index is -0.691. The molecule has 0 unspecified atom stereocenters. The molecule has 0 fully saturated rings. The molecule has 2 aromatic carbocycles. The van der Waals surface area contributed by atoms with E-state index in [1.165, 1.54) is 27.9 Å². The van der Waals surface area contributed by atoms with Crippen molar-refractivity contribution < 1.29 is 14.0 Å². The Bertz CT molecular complexity index is 1160. The SMILES string of the molecule is Cc1ccc(N2NC(C(=O)Nc3cc(-n4nnnc4C)ccc3F)=NCC2=O)cc1. The van der Waals surface area contributed by atoms with Crippen molar-refractivity contribution in [1.82, 2.24) is 25.6 Å². The smallest absolute Gasteiger partial charge is 0.292 e. The Morgan fingerprint density at radius 1 is 1.13 bits per heavy atom. The van der Waals surface area contributed by atoms with E-state index in [0.29, 0.717) is 17.2 Å². The third-order valence-corrected chi connectivity index (χ3v) is 4.41. The van der Waals surface area contributed by atoms with E-state index in [1.807, 2.05) is 19.1 Å². The van der Waals surface area contributed by atoms with Crippen LogP contribution in [0.3, 0.4) is 0 Å². The van der Waals surface area contributed by atoms with Gasteiger partial charge in [-0.15, -0.1) is 5.10 Å². The van der Waals surface area contributed by atoms with Crippen molar-refractivity contribution in [3.05, 3.63) is 59.7 Å². The second-order valence-corrected chi connectivity index (χ2v) is 6.60. The predicted molar refractivity (Wildman–Crippen MR) is 107 cm³/mol. The molecule has 152 valence electrons. The lowest BCUT2D eigenvalue weighted by molar-refractivity contribution is -0.118. The Morgan fingerprint density at radius 2 is 1.87 bits per heavy atom. The Hall–Kier alpha value is -4.15. The Labute approximate surface area is 170 Å². The fraction of sp³-hybridized carbons (Fsp3) is 0.158. The normalized spacial score (nSPS) is 13.6. The lowest BCUT2D eigenvalue weighted by Crippen LogP contribution is -2.54. The molecule has 0 saturated carbocycles. The zero-order chi connectivity index (χ0) is 21.3. The van der Waals surface area contributed by atoms with Gasteiger partial charge in [-0.2, -0.15) is 4.68 Å². The van der Waals surface area contributed by atoms with Gasteiger partial charge in [-0.3, -0.25) is 20.0 Å². The molecule has 0 atom stereocenters. The van der Waals surface area contributed by atoms with Crippen molar-refractivity contribution in [3.63, 3.8) is 0 Å². The number of nitrogens with zero attached hydrogens (tertiary/aromatic N) is 6. The van der Waals surface area contributed by atoms with Gasteiger partial charge in [0.1, 0.15) is 12.4 Å². The molecule has 2 N–H and O–H groups in total. The topological polar surface area (TPSA) is 117 Å². The number of carbonyl (C=O) groups is 2. The van der Waals surface area contributed by atoms with Gasteiger partial charge in [-0.05, 0) is 54.6 Å². The summed E-state index contributed by atoms with van der Waals surface area (Å²) in [4.78, 5) is 28.8. The third kappa shape index (κ3) is 3.72. The lowest BCUT2D eigenvalue weighted by Gasteiger charge is -2.27. The molecule has 2 amide bonds. The first kappa shape index (κ1) is 19.2. The number of amides is 2. The average molecular weight is 408 g/mol. The molecule has 2 heterocycles. The van der Waals surface area contributed by atoms with Crippen LogP contribution in [-0.2, 0) is 9.59 Å². The summed E-state index contributed by atoms with van der Waals surface area (Å²) in [5.74, 6) is -1.26. The van der Waals surface area contributed by atoms with Crippen molar-refractivity contribution in [1.29, 1.82) is 0 Å². The van der Waals surface area contributed by atoms with E-state index in [4.69, 9.17) is 0 Å². The maximum Gasteiger partial charge on any atom is 0.292 e. The Morgan fingerprint density at radius 3 is 2.57 bits per heavy atom. The number of tetrazole rings is 1. The summed E-state index contributed by atoms with van der Waals surface area (Å²) in [6.07, 6.45) is 0. The number of hydrogen-bond donors (Lipinski definition) is 2. The standard InChI is InChI=1S/C19H17FN8O2/c1-11-3-5-13(6-4-11)28-17(29)10-21-18(24-28)19(30)22-16-9-14(7-8-15(16)20)27-12(2)23-25-26-27/h3-9H,10H2,1-2H3,(H,21,24)(H,22,30). The first-order chi connectivity index (χ1) is 14.4. The second kappa shape index (κ2) is 7.70. The van der Waals surface area contributed by atoms with E-state index in [0.717, 1.165) is 5.56 Å². The van der Waals surface area contributed by atoms with Crippen LogP contribution in [0.4, 0.5) is 15.8 Å². The number of halogens is 1. The van der Waals surface area contributed by atoms with Gasteiger partial charge >= 0.3 is 0 Å². The van der Waals surface area contributed by atoms with Crippen LogP contribution in [0.15, 0.2) is 47.5 Å². The molecule has 10 nitrogen and oxygen atoms in total. The summed E-state index contributed by atoms with van der Waals surface area (Å²) in [6, 6.07) is 11.3. The van der Waals surface area contributed by atoms with Crippen LogP contribution in [0.2, 0.25) is 0 Å².